The molecule has 4 aromatic rings. The Morgan fingerprint density at radius 3 is 2.16 bits per heavy atom. The predicted octanol–water partition coefficient (Wildman–Crippen LogP) is 6.11. The molecule has 1 aromatic heterocycles. The van der Waals surface area contributed by atoms with Crippen molar-refractivity contribution >= 4 is 10.9 Å². The molecular weight excluding hydrogens is 302 g/mol. The molecule has 0 saturated carbocycles. The molecule has 0 aliphatic heterocycles. The van der Waals surface area contributed by atoms with E-state index in [0.717, 1.165) is 17.6 Å². The summed E-state index contributed by atoms with van der Waals surface area (Å²) < 4.78 is 0. The van der Waals surface area contributed by atoms with E-state index in [4.69, 9.17) is 4.98 Å². The molecule has 0 aliphatic rings. The maximum absolute atomic E-state index is 5.11. The first-order valence-corrected chi connectivity index (χ1v) is 8.71. The van der Waals surface area contributed by atoms with Crippen LogP contribution in [0.4, 0.5) is 0 Å². The van der Waals surface area contributed by atoms with Gasteiger partial charge < -0.3 is 0 Å². The summed E-state index contributed by atoms with van der Waals surface area (Å²) in [6.07, 6.45) is 0.842. The summed E-state index contributed by atoms with van der Waals surface area (Å²) in [6.45, 7) is 4.32. The van der Waals surface area contributed by atoms with Crippen molar-refractivity contribution in [2.24, 2.45) is 0 Å². The standard InChI is InChI=1S/C24H21N/c1-17-13-14-21-16-22(20-11-7-4-8-12-20)23(25-24(21)18(17)2)15-19-9-5-3-6-10-19/h3-14,16H,15H2,1-2H3. The zero-order valence-electron chi connectivity index (χ0n) is 14.7. The predicted molar refractivity (Wildman–Crippen MR) is 106 cm³/mol. The van der Waals surface area contributed by atoms with Crippen molar-refractivity contribution in [1.29, 1.82) is 0 Å². The zero-order valence-corrected chi connectivity index (χ0v) is 14.7. The minimum atomic E-state index is 0.842. The molecule has 0 bridgehead atoms. The smallest absolute Gasteiger partial charge is 0.0737 e. The Morgan fingerprint density at radius 1 is 0.760 bits per heavy atom. The summed E-state index contributed by atoms with van der Waals surface area (Å²) in [5, 5.41) is 1.21. The fourth-order valence-corrected chi connectivity index (χ4v) is 3.31. The molecule has 0 spiro atoms. The maximum Gasteiger partial charge on any atom is 0.0737 e. The topological polar surface area (TPSA) is 12.9 Å². The van der Waals surface area contributed by atoms with Gasteiger partial charge in [0.2, 0.25) is 0 Å². The lowest BCUT2D eigenvalue weighted by molar-refractivity contribution is 1.10. The number of hydrogen-bond acceptors (Lipinski definition) is 1. The van der Waals surface area contributed by atoms with Gasteiger partial charge in [0.05, 0.1) is 11.2 Å². The first-order valence-electron chi connectivity index (χ1n) is 8.71. The Morgan fingerprint density at radius 2 is 1.44 bits per heavy atom. The SMILES string of the molecule is Cc1ccc2cc(-c3ccccc3)c(Cc3ccccc3)nc2c1C. The third-order valence-corrected chi connectivity index (χ3v) is 4.89. The molecule has 0 atom stereocenters. The summed E-state index contributed by atoms with van der Waals surface area (Å²) in [5.41, 5.74) is 8.55. The molecule has 3 aromatic carbocycles. The third-order valence-electron chi connectivity index (χ3n) is 4.89. The summed E-state index contributed by atoms with van der Waals surface area (Å²) in [7, 11) is 0. The van der Waals surface area contributed by atoms with Crippen molar-refractivity contribution in [2.45, 2.75) is 20.3 Å². The highest BCUT2D eigenvalue weighted by Crippen LogP contribution is 2.30. The van der Waals surface area contributed by atoms with E-state index < -0.39 is 0 Å². The number of rotatable bonds is 3. The first kappa shape index (κ1) is 15.6. The average Bonchev–Trinajstić information content (AvgIpc) is 2.66. The van der Waals surface area contributed by atoms with Gasteiger partial charge in [-0.25, -0.2) is 0 Å². The van der Waals surface area contributed by atoms with Crippen LogP contribution in [0.1, 0.15) is 22.4 Å². The monoisotopic (exact) mass is 323 g/mol. The molecule has 0 N–H and O–H groups in total. The number of benzene rings is 3. The van der Waals surface area contributed by atoms with E-state index in [1.165, 1.54) is 33.2 Å². The van der Waals surface area contributed by atoms with E-state index in [0.29, 0.717) is 0 Å². The maximum atomic E-state index is 5.11. The van der Waals surface area contributed by atoms with Gasteiger partial charge in [0.25, 0.3) is 0 Å². The molecule has 0 radical (unpaired) electrons. The molecule has 0 amide bonds. The van der Waals surface area contributed by atoms with Crippen LogP contribution in [0.25, 0.3) is 22.0 Å². The fraction of sp³-hybridized carbons (Fsp3) is 0.125. The number of fused-ring (bicyclic) bond motifs is 1. The van der Waals surface area contributed by atoms with Gasteiger partial charge >= 0.3 is 0 Å². The number of hydrogen-bond donors (Lipinski definition) is 0. The summed E-state index contributed by atoms with van der Waals surface area (Å²) in [5.74, 6) is 0. The van der Waals surface area contributed by atoms with Gasteiger partial charge in [-0.3, -0.25) is 4.98 Å². The summed E-state index contributed by atoms with van der Waals surface area (Å²) in [6, 6.07) is 27.8. The lowest BCUT2D eigenvalue weighted by atomic mass is 9.96. The highest BCUT2D eigenvalue weighted by molar-refractivity contribution is 5.88. The van der Waals surface area contributed by atoms with Gasteiger partial charge in [-0.1, -0.05) is 72.8 Å². The Bertz CT molecular complexity index is 1020. The van der Waals surface area contributed by atoms with E-state index in [-0.39, 0.29) is 0 Å². The largest absolute Gasteiger partial charge is 0.252 e. The highest BCUT2D eigenvalue weighted by Gasteiger charge is 2.12. The Labute approximate surface area is 149 Å². The molecule has 25 heavy (non-hydrogen) atoms. The fourth-order valence-electron chi connectivity index (χ4n) is 3.31. The molecule has 122 valence electrons. The minimum absolute atomic E-state index is 0.842. The highest BCUT2D eigenvalue weighted by atomic mass is 14.7. The second-order valence-electron chi connectivity index (χ2n) is 6.59. The average molecular weight is 323 g/mol. The van der Waals surface area contributed by atoms with Crippen LogP contribution in [0.2, 0.25) is 0 Å². The van der Waals surface area contributed by atoms with Crippen LogP contribution >= 0.6 is 0 Å². The third kappa shape index (κ3) is 3.06. The second-order valence-corrected chi connectivity index (χ2v) is 6.59. The number of nitrogens with zero attached hydrogens (tertiary/aromatic N) is 1. The Kier molecular flexibility index (Phi) is 4.07. The van der Waals surface area contributed by atoms with E-state index in [1.807, 2.05) is 0 Å². The van der Waals surface area contributed by atoms with Crippen LogP contribution in [-0.4, -0.2) is 4.98 Å². The summed E-state index contributed by atoms with van der Waals surface area (Å²) >= 11 is 0. The Balaban J connectivity index is 1.94. The summed E-state index contributed by atoms with van der Waals surface area (Å²) in [4.78, 5) is 5.11. The Hall–Kier alpha value is -2.93. The van der Waals surface area contributed by atoms with Crippen LogP contribution < -0.4 is 0 Å². The molecule has 4 rings (SSSR count). The zero-order chi connectivity index (χ0) is 17.2. The molecule has 1 heteroatoms. The van der Waals surface area contributed by atoms with Crippen LogP contribution in [0.15, 0.2) is 78.9 Å². The van der Waals surface area contributed by atoms with Gasteiger partial charge in [-0.05, 0) is 42.2 Å². The van der Waals surface area contributed by atoms with Crippen molar-refractivity contribution in [3.63, 3.8) is 0 Å². The van der Waals surface area contributed by atoms with Gasteiger partial charge in [-0.2, -0.15) is 0 Å². The van der Waals surface area contributed by atoms with E-state index in [2.05, 4.69) is 92.7 Å². The van der Waals surface area contributed by atoms with Gasteiger partial charge in [0.1, 0.15) is 0 Å². The van der Waals surface area contributed by atoms with E-state index in [9.17, 15) is 0 Å². The molecule has 1 heterocycles. The molecule has 0 aliphatic carbocycles. The van der Waals surface area contributed by atoms with Crippen molar-refractivity contribution in [1.82, 2.24) is 4.98 Å². The molecular formula is C24H21N. The van der Waals surface area contributed by atoms with Crippen molar-refractivity contribution in [2.75, 3.05) is 0 Å². The van der Waals surface area contributed by atoms with Crippen LogP contribution in [0, 0.1) is 13.8 Å². The van der Waals surface area contributed by atoms with E-state index in [1.54, 1.807) is 0 Å². The number of pyridine rings is 1. The van der Waals surface area contributed by atoms with Crippen molar-refractivity contribution in [3.05, 3.63) is 101 Å². The van der Waals surface area contributed by atoms with Gasteiger partial charge in [0, 0.05) is 17.4 Å². The van der Waals surface area contributed by atoms with Crippen molar-refractivity contribution in [3.8, 4) is 11.1 Å². The van der Waals surface area contributed by atoms with Crippen molar-refractivity contribution < 1.29 is 0 Å². The lowest BCUT2D eigenvalue weighted by Gasteiger charge is -2.13. The quantitative estimate of drug-likeness (QED) is 0.443. The number of aromatic nitrogens is 1. The second kappa shape index (κ2) is 6.52. The minimum Gasteiger partial charge on any atom is -0.252 e. The normalized spacial score (nSPS) is 11.0. The van der Waals surface area contributed by atoms with Crippen LogP contribution in [0.5, 0.6) is 0 Å². The van der Waals surface area contributed by atoms with Gasteiger partial charge in [0.15, 0.2) is 0 Å². The molecule has 0 unspecified atom stereocenters. The number of aryl methyl sites for hydroxylation is 2. The molecule has 0 fully saturated rings. The van der Waals surface area contributed by atoms with Crippen LogP contribution in [0.3, 0.4) is 0 Å². The van der Waals surface area contributed by atoms with E-state index >= 15 is 0 Å². The molecule has 1 nitrogen and oxygen atoms in total. The first-order chi connectivity index (χ1) is 12.2. The molecule has 0 saturated heterocycles. The van der Waals surface area contributed by atoms with Gasteiger partial charge in [-0.15, -0.1) is 0 Å². The van der Waals surface area contributed by atoms with Crippen LogP contribution in [-0.2, 0) is 6.42 Å². The lowest BCUT2D eigenvalue weighted by Crippen LogP contribution is -1.99.